The Labute approximate surface area is 374 Å². The van der Waals surface area contributed by atoms with Gasteiger partial charge in [-0.15, -0.1) is 0 Å². The first-order chi connectivity index (χ1) is 31.7. The molecule has 0 spiro atoms. The van der Waals surface area contributed by atoms with E-state index in [4.69, 9.17) is 0 Å². The molecule has 0 radical (unpaired) electrons. The molecular weight excluding hydrogens is 771 g/mol. The fraction of sp³-hybridized carbons (Fsp3) is 0.0476. The highest BCUT2D eigenvalue weighted by Gasteiger charge is 2.46. The predicted octanol–water partition coefficient (Wildman–Crippen LogP) is 16.3. The zero-order valence-corrected chi connectivity index (χ0v) is 35.3. The van der Waals surface area contributed by atoms with Gasteiger partial charge >= 0.3 is 0 Å². The summed E-state index contributed by atoms with van der Waals surface area (Å²) in [5, 5.41) is 7.71. The van der Waals surface area contributed by atoms with Gasteiger partial charge in [0, 0.05) is 22.7 Å². The highest BCUT2D eigenvalue weighted by Crippen LogP contribution is 2.57. The van der Waals surface area contributed by atoms with E-state index in [0.717, 1.165) is 23.5 Å². The van der Waals surface area contributed by atoms with Crippen molar-refractivity contribution in [1.82, 2.24) is 0 Å². The Bertz CT molecular complexity index is 3540. The van der Waals surface area contributed by atoms with Crippen LogP contribution < -0.4 is 4.90 Å². The molecule has 1 heteroatoms. The maximum atomic E-state index is 2.48. The van der Waals surface area contributed by atoms with Crippen molar-refractivity contribution in [3.63, 3.8) is 0 Å². The molecular formula is C63H43N. The largest absolute Gasteiger partial charge is 0.310 e. The van der Waals surface area contributed by atoms with E-state index >= 15 is 0 Å². The number of nitrogens with zero attached hydrogens (tertiary/aromatic N) is 1. The lowest BCUT2D eigenvalue weighted by molar-refractivity contribution is 0.768. The number of hydrogen-bond donors (Lipinski definition) is 0. The molecule has 0 aliphatic heterocycles. The van der Waals surface area contributed by atoms with Gasteiger partial charge in [0.2, 0.25) is 0 Å². The zero-order chi connectivity index (χ0) is 42.2. The lowest BCUT2D eigenvalue weighted by Gasteiger charge is -2.35. The van der Waals surface area contributed by atoms with Crippen molar-refractivity contribution in [1.29, 1.82) is 0 Å². The smallest absolute Gasteiger partial charge is 0.0714 e. The maximum absolute atomic E-state index is 2.48. The third kappa shape index (κ3) is 5.50. The Morgan fingerprint density at radius 1 is 0.359 bits per heavy atom. The van der Waals surface area contributed by atoms with Crippen molar-refractivity contribution in [2.75, 3.05) is 4.90 Å². The minimum absolute atomic E-state index is 0.223. The summed E-state index contributed by atoms with van der Waals surface area (Å²) < 4.78 is 0. The van der Waals surface area contributed by atoms with Crippen molar-refractivity contribution < 1.29 is 0 Å². The molecule has 0 saturated carbocycles. The molecule has 0 saturated heterocycles. The Hall–Kier alpha value is -8.00. The summed E-state index contributed by atoms with van der Waals surface area (Å²) >= 11 is 0. The molecule has 0 aromatic heterocycles. The van der Waals surface area contributed by atoms with Crippen LogP contribution in [0.15, 0.2) is 243 Å². The summed E-state index contributed by atoms with van der Waals surface area (Å²) in [4.78, 5) is 2.48. The fourth-order valence-electron chi connectivity index (χ4n) is 11.5. The van der Waals surface area contributed by atoms with Gasteiger partial charge < -0.3 is 4.90 Å². The summed E-state index contributed by atoms with van der Waals surface area (Å²) in [5.74, 6) is 0.223. The number of fused-ring (bicyclic) bond motifs is 7. The van der Waals surface area contributed by atoms with Crippen LogP contribution in [-0.4, -0.2) is 0 Å². The molecule has 11 aromatic rings. The Morgan fingerprint density at radius 3 is 1.72 bits per heavy atom. The SMILES string of the molecule is c1ccc(C2(c3ccccc3)c3ccccc3-c3ccc(N(c4ccc(CC5c6cc7ccccc7cc6-c6cccc7cccc5c67)cc4)c4cccc5ccccc45)cc32)cc1. The molecule has 300 valence electrons. The molecule has 0 N–H and O–H groups in total. The van der Waals surface area contributed by atoms with Crippen molar-refractivity contribution in [2.24, 2.45) is 0 Å². The number of rotatable bonds is 7. The lowest BCUT2D eigenvalue weighted by atomic mass is 9.67. The van der Waals surface area contributed by atoms with Gasteiger partial charge in [-0.3, -0.25) is 0 Å². The first kappa shape index (κ1) is 36.6. The van der Waals surface area contributed by atoms with Gasteiger partial charge in [0.15, 0.2) is 0 Å². The number of anilines is 3. The van der Waals surface area contributed by atoms with Gasteiger partial charge in [0.05, 0.1) is 11.1 Å². The fourth-order valence-corrected chi connectivity index (χ4v) is 11.5. The van der Waals surface area contributed by atoms with E-state index in [2.05, 4.69) is 248 Å². The average Bonchev–Trinajstić information content (AvgIpc) is 3.66. The summed E-state index contributed by atoms with van der Waals surface area (Å²) in [6.07, 6.45) is 0.904. The second-order valence-corrected chi connectivity index (χ2v) is 17.6. The van der Waals surface area contributed by atoms with Gasteiger partial charge in [-0.2, -0.15) is 0 Å². The number of hydrogen-bond acceptors (Lipinski definition) is 1. The van der Waals surface area contributed by atoms with Crippen molar-refractivity contribution >= 4 is 49.4 Å². The summed E-state index contributed by atoms with van der Waals surface area (Å²) in [6.45, 7) is 0. The maximum Gasteiger partial charge on any atom is 0.0714 e. The van der Waals surface area contributed by atoms with E-state index in [-0.39, 0.29) is 5.92 Å². The van der Waals surface area contributed by atoms with Crippen LogP contribution in [-0.2, 0) is 11.8 Å². The van der Waals surface area contributed by atoms with Crippen LogP contribution in [0, 0.1) is 0 Å². The van der Waals surface area contributed by atoms with Gasteiger partial charge in [-0.05, 0) is 137 Å². The molecule has 0 bridgehead atoms. The van der Waals surface area contributed by atoms with Crippen molar-refractivity contribution in [3.8, 4) is 22.3 Å². The highest BCUT2D eigenvalue weighted by atomic mass is 15.1. The van der Waals surface area contributed by atoms with E-state index in [0.29, 0.717) is 0 Å². The van der Waals surface area contributed by atoms with Crippen molar-refractivity contribution in [2.45, 2.75) is 17.8 Å². The van der Waals surface area contributed by atoms with Crippen LogP contribution in [0.2, 0.25) is 0 Å². The molecule has 1 unspecified atom stereocenters. The lowest BCUT2D eigenvalue weighted by Crippen LogP contribution is -2.28. The molecule has 1 atom stereocenters. The van der Waals surface area contributed by atoms with Gasteiger partial charge in [-0.1, -0.05) is 200 Å². The van der Waals surface area contributed by atoms with Gasteiger partial charge in [-0.25, -0.2) is 0 Å². The predicted molar refractivity (Wildman–Crippen MR) is 268 cm³/mol. The van der Waals surface area contributed by atoms with Crippen LogP contribution in [0.5, 0.6) is 0 Å². The van der Waals surface area contributed by atoms with Crippen LogP contribution in [0.1, 0.15) is 44.9 Å². The highest BCUT2D eigenvalue weighted by molar-refractivity contribution is 6.05. The monoisotopic (exact) mass is 813 g/mol. The Morgan fingerprint density at radius 2 is 0.938 bits per heavy atom. The average molecular weight is 814 g/mol. The van der Waals surface area contributed by atoms with Crippen LogP contribution in [0.4, 0.5) is 17.1 Å². The summed E-state index contributed by atoms with van der Waals surface area (Å²) in [6, 6.07) is 90.7. The van der Waals surface area contributed by atoms with Crippen molar-refractivity contribution in [3.05, 3.63) is 282 Å². The van der Waals surface area contributed by atoms with E-state index < -0.39 is 5.41 Å². The third-order valence-corrected chi connectivity index (χ3v) is 14.2. The summed E-state index contributed by atoms with van der Waals surface area (Å²) in [5.41, 5.74) is 17.4. The first-order valence-corrected chi connectivity index (χ1v) is 22.5. The van der Waals surface area contributed by atoms with Crippen LogP contribution in [0.3, 0.4) is 0 Å². The molecule has 11 aromatic carbocycles. The topological polar surface area (TPSA) is 3.24 Å². The minimum atomic E-state index is -0.498. The standard InChI is InChI=1S/C63H43N/c1-3-22-47(23-4-1)63(48-24-5-2-6-25-48)59-30-12-11-27-52(59)53-37-36-50(41-60(53)63)64(61-31-15-19-43-16-9-10-26-51(43)61)49-34-32-42(33-35-49)38-56-54-28-13-20-44-21-14-29-55(62(44)54)57-39-45-17-7-8-18-46(45)40-58(56)57/h1-37,39-41,56H,38H2. The molecule has 0 heterocycles. The third-order valence-electron chi connectivity index (χ3n) is 14.2. The molecule has 64 heavy (non-hydrogen) atoms. The second-order valence-electron chi connectivity index (χ2n) is 17.6. The number of benzene rings is 11. The van der Waals surface area contributed by atoms with E-state index in [1.54, 1.807) is 0 Å². The minimum Gasteiger partial charge on any atom is -0.310 e. The molecule has 1 nitrogen and oxygen atoms in total. The summed E-state index contributed by atoms with van der Waals surface area (Å²) in [7, 11) is 0. The molecule has 2 aliphatic carbocycles. The molecule has 0 amide bonds. The van der Waals surface area contributed by atoms with Gasteiger partial charge in [0.1, 0.15) is 0 Å². The second kappa shape index (κ2) is 14.5. The molecule has 13 rings (SSSR count). The zero-order valence-electron chi connectivity index (χ0n) is 35.3. The molecule has 0 fully saturated rings. The van der Waals surface area contributed by atoms with E-state index in [9.17, 15) is 0 Å². The van der Waals surface area contributed by atoms with Gasteiger partial charge in [0.25, 0.3) is 0 Å². The Kier molecular flexibility index (Phi) is 8.33. The van der Waals surface area contributed by atoms with Crippen LogP contribution in [0.25, 0.3) is 54.6 Å². The molecule has 2 aliphatic rings. The Balaban J connectivity index is 0.977. The first-order valence-electron chi connectivity index (χ1n) is 22.5. The van der Waals surface area contributed by atoms with E-state index in [1.807, 2.05) is 0 Å². The quantitative estimate of drug-likeness (QED) is 0.155. The van der Waals surface area contributed by atoms with Crippen LogP contribution >= 0.6 is 0 Å². The van der Waals surface area contributed by atoms with E-state index in [1.165, 1.54) is 93.5 Å². The normalized spacial score (nSPS) is 14.3.